The molecule has 0 radical (unpaired) electrons. The third kappa shape index (κ3) is 7.62. The Morgan fingerprint density at radius 1 is 1.23 bits per heavy atom. The minimum Gasteiger partial charge on any atom is -0.390 e. The van der Waals surface area contributed by atoms with Crippen molar-refractivity contribution in [3.63, 3.8) is 0 Å². The molecule has 0 fully saturated rings. The summed E-state index contributed by atoms with van der Waals surface area (Å²) < 4.78 is 5.77. The molecule has 1 aliphatic heterocycles. The average Bonchev–Trinajstić information content (AvgIpc) is 3.14. The summed E-state index contributed by atoms with van der Waals surface area (Å²) in [5.41, 5.74) is 4.10. The summed E-state index contributed by atoms with van der Waals surface area (Å²) in [6, 6.07) is 16.0. The maximum absolute atomic E-state index is 10.6. The molecule has 0 spiro atoms. The Kier molecular flexibility index (Phi) is 8.11. The van der Waals surface area contributed by atoms with Crippen molar-refractivity contribution in [2.45, 2.75) is 58.5 Å². The van der Waals surface area contributed by atoms with Gasteiger partial charge in [-0.3, -0.25) is 4.90 Å². The van der Waals surface area contributed by atoms with E-state index < -0.39 is 6.10 Å². The van der Waals surface area contributed by atoms with Crippen LogP contribution in [0.1, 0.15) is 43.9 Å². The largest absolute Gasteiger partial charge is 0.390 e. The van der Waals surface area contributed by atoms with E-state index in [0.29, 0.717) is 24.7 Å². The minimum absolute atomic E-state index is 0.0653. The number of aliphatic hydroxyl groups excluding tert-OH is 1. The fourth-order valence-electron chi connectivity index (χ4n) is 3.66. The zero-order valence-corrected chi connectivity index (χ0v) is 19.6. The zero-order valence-electron chi connectivity index (χ0n) is 18.8. The van der Waals surface area contributed by atoms with Crippen molar-refractivity contribution in [2.75, 3.05) is 19.7 Å². The number of oxime groups is 1. The second-order valence-electron chi connectivity index (χ2n) is 9.19. The van der Waals surface area contributed by atoms with Crippen molar-refractivity contribution in [3.8, 4) is 0 Å². The van der Waals surface area contributed by atoms with Crippen molar-refractivity contribution in [1.29, 1.82) is 0 Å². The summed E-state index contributed by atoms with van der Waals surface area (Å²) in [6.07, 6.45) is 0.0759. The molecule has 0 aromatic heterocycles. The van der Waals surface area contributed by atoms with Gasteiger partial charge in [0.2, 0.25) is 0 Å². The molecule has 31 heavy (non-hydrogen) atoms. The lowest BCUT2D eigenvalue weighted by Gasteiger charge is -2.28. The first-order valence-corrected chi connectivity index (χ1v) is 11.1. The first kappa shape index (κ1) is 23.7. The van der Waals surface area contributed by atoms with Gasteiger partial charge in [0.25, 0.3) is 0 Å². The van der Waals surface area contributed by atoms with Gasteiger partial charge in [0.1, 0.15) is 6.10 Å². The Bertz CT molecular complexity index is 894. The van der Waals surface area contributed by atoms with Crippen LogP contribution in [0, 0.1) is 6.92 Å². The fourth-order valence-corrected chi connectivity index (χ4v) is 3.88. The topological polar surface area (TPSA) is 54.3 Å². The van der Waals surface area contributed by atoms with E-state index in [0.717, 1.165) is 23.3 Å². The van der Waals surface area contributed by atoms with Crippen LogP contribution >= 0.6 is 11.6 Å². The SMILES string of the molecule is Cc1ccccc1C1=NO[C@@H](CN(Cc2cccc(Cl)c2)C[C@@H](O)COC(C)(C)C)C1. The van der Waals surface area contributed by atoms with E-state index >= 15 is 0 Å². The molecule has 5 nitrogen and oxygen atoms in total. The molecule has 1 heterocycles. The summed E-state index contributed by atoms with van der Waals surface area (Å²) in [7, 11) is 0. The molecule has 6 heteroatoms. The second-order valence-corrected chi connectivity index (χ2v) is 9.62. The van der Waals surface area contributed by atoms with Crippen LogP contribution in [-0.2, 0) is 16.1 Å². The maximum atomic E-state index is 10.6. The quantitative estimate of drug-likeness (QED) is 0.602. The smallest absolute Gasteiger partial charge is 0.145 e. The predicted molar refractivity (Wildman–Crippen MR) is 126 cm³/mol. The van der Waals surface area contributed by atoms with Gasteiger partial charge in [-0.2, -0.15) is 0 Å². The van der Waals surface area contributed by atoms with E-state index in [1.54, 1.807) is 0 Å². The summed E-state index contributed by atoms with van der Waals surface area (Å²) in [5, 5.41) is 15.7. The van der Waals surface area contributed by atoms with Crippen LogP contribution in [0.4, 0.5) is 0 Å². The molecule has 2 atom stereocenters. The van der Waals surface area contributed by atoms with Crippen LogP contribution in [0.25, 0.3) is 0 Å². The van der Waals surface area contributed by atoms with Gasteiger partial charge in [-0.1, -0.05) is 53.2 Å². The van der Waals surface area contributed by atoms with Gasteiger partial charge >= 0.3 is 0 Å². The van der Waals surface area contributed by atoms with E-state index in [1.807, 2.05) is 57.2 Å². The highest BCUT2D eigenvalue weighted by atomic mass is 35.5. The summed E-state index contributed by atoms with van der Waals surface area (Å²) >= 11 is 6.18. The molecule has 0 amide bonds. The number of nitrogens with zero attached hydrogens (tertiary/aromatic N) is 2. The fraction of sp³-hybridized carbons (Fsp3) is 0.480. The Morgan fingerprint density at radius 3 is 2.71 bits per heavy atom. The Balaban J connectivity index is 1.64. The van der Waals surface area contributed by atoms with Crippen LogP contribution < -0.4 is 0 Å². The van der Waals surface area contributed by atoms with Gasteiger partial charge in [0.15, 0.2) is 0 Å². The molecule has 0 saturated carbocycles. The Labute approximate surface area is 190 Å². The van der Waals surface area contributed by atoms with Gasteiger partial charge < -0.3 is 14.7 Å². The van der Waals surface area contributed by atoms with Crippen molar-refractivity contribution >= 4 is 17.3 Å². The van der Waals surface area contributed by atoms with Crippen LogP contribution in [0.5, 0.6) is 0 Å². The number of aryl methyl sites for hydroxylation is 1. The molecule has 168 valence electrons. The molecule has 2 aromatic carbocycles. The van der Waals surface area contributed by atoms with Crippen LogP contribution in [-0.4, -0.2) is 53.2 Å². The standard InChI is InChI=1S/C25H33ClN2O3/c1-18-8-5-6-11-23(18)24-13-22(31-27-24)16-28(14-19-9-7-10-20(26)12-19)15-21(29)17-30-25(2,3)4/h5-12,21-22,29H,13-17H2,1-4H3/t21-,22-/m1/s1. The summed E-state index contributed by atoms with van der Waals surface area (Å²) in [6.45, 7) is 10.1. The highest BCUT2D eigenvalue weighted by molar-refractivity contribution is 6.30. The monoisotopic (exact) mass is 444 g/mol. The van der Waals surface area contributed by atoms with Crippen molar-refractivity contribution in [3.05, 3.63) is 70.2 Å². The number of rotatable bonds is 9. The molecular formula is C25H33ClN2O3. The lowest BCUT2D eigenvalue weighted by Crippen LogP contribution is -2.40. The number of hydrogen-bond acceptors (Lipinski definition) is 5. The van der Waals surface area contributed by atoms with Gasteiger partial charge in [-0.25, -0.2) is 0 Å². The molecule has 1 N–H and O–H groups in total. The normalized spacial score (nSPS) is 17.5. The molecule has 1 aliphatic rings. The lowest BCUT2D eigenvalue weighted by molar-refractivity contribution is -0.0600. The minimum atomic E-state index is -0.600. The van der Waals surface area contributed by atoms with Crippen LogP contribution in [0.15, 0.2) is 53.7 Å². The third-order valence-corrected chi connectivity index (χ3v) is 5.36. The average molecular weight is 445 g/mol. The van der Waals surface area contributed by atoms with Gasteiger partial charge in [0.05, 0.1) is 24.0 Å². The number of ether oxygens (including phenoxy) is 1. The molecule has 0 unspecified atom stereocenters. The van der Waals surface area contributed by atoms with Crippen LogP contribution in [0.2, 0.25) is 5.02 Å². The van der Waals surface area contributed by atoms with Gasteiger partial charge in [-0.15, -0.1) is 0 Å². The molecular weight excluding hydrogens is 412 g/mol. The summed E-state index contributed by atoms with van der Waals surface area (Å²) in [4.78, 5) is 7.95. The molecule has 0 saturated heterocycles. The summed E-state index contributed by atoms with van der Waals surface area (Å²) in [5.74, 6) is 0. The Hall–Kier alpha value is -1.92. The van der Waals surface area contributed by atoms with Crippen LogP contribution in [0.3, 0.4) is 0 Å². The maximum Gasteiger partial charge on any atom is 0.145 e. The van der Waals surface area contributed by atoms with E-state index in [1.165, 1.54) is 5.56 Å². The zero-order chi connectivity index (χ0) is 22.4. The van der Waals surface area contributed by atoms with Crippen molar-refractivity contribution in [2.24, 2.45) is 5.16 Å². The lowest BCUT2D eigenvalue weighted by atomic mass is 10.00. The van der Waals surface area contributed by atoms with Crippen molar-refractivity contribution < 1.29 is 14.7 Å². The molecule has 2 aromatic rings. The van der Waals surface area contributed by atoms with Gasteiger partial charge in [0, 0.05) is 36.6 Å². The number of benzene rings is 2. The van der Waals surface area contributed by atoms with E-state index in [9.17, 15) is 5.11 Å². The highest BCUT2D eigenvalue weighted by Crippen LogP contribution is 2.21. The molecule has 0 bridgehead atoms. The first-order chi connectivity index (χ1) is 14.7. The second kappa shape index (κ2) is 10.6. The highest BCUT2D eigenvalue weighted by Gasteiger charge is 2.26. The number of halogens is 1. The van der Waals surface area contributed by atoms with Gasteiger partial charge in [-0.05, 0) is 51.0 Å². The third-order valence-electron chi connectivity index (χ3n) is 5.12. The Morgan fingerprint density at radius 2 is 2.00 bits per heavy atom. The van der Waals surface area contributed by atoms with E-state index in [-0.39, 0.29) is 18.3 Å². The first-order valence-electron chi connectivity index (χ1n) is 10.8. The van der Waals surface area contributed by atoms with E-state index in [4.69, 9.17) is 21.2 Å². The van der Waals surface area contributed by atoms with E-state index in [2.05, 4.69) is 29.1 Å². The molecule has 0 aliphatic carbocycles. The molecule has 3 rings (SSSR count). The number of aliphatic hydroxyl groups is 1. The predicted octanol–water partition coefficient (Wildman–Crippen LogP) is 4.82. The number of hydrogen-bond donors (Lipinski definition) is 1. The van der Waals surface area contributed by atoms with Crippen molar-refractivity contribution in [1.82, 2.24) is 4.90 Å².